The topological polar surface area (TPSA) is 36.9 Å². The van der Waals surface area contributed by atoms with Crippen LogP contribution in [0, 0.1) is 0 Å². The van der Waals surface area contributed by atoms with Crippen LogP contribution in [0.1, 0.15) is 0 Å². The Bertz CT molecular complexity index is 640. The number of rotatable bonds is 7. The lowest BCUT2D eigenvalue weighted by Crippen LogP contribution is -3.00. The van der Waals surface area contributed by atoms with Gasteiger partial charge >= 0.3 is 8.17 Å². The number of benzene rings is 3. The lowest BCUT2D eigenvalue weighted by atomic mass is 10.3. The van der Waals surface area contributed by atoms with Gasteiger partial charge in [0.25, 0.3) is 0 Å². The Morgan fingerprint density at radius 1 is 0.520 bits per heavy atom. The molecule has 130 valence electrons. The van der Waals surface area contributed by atoms with Crippen LogP contribution in [0.5, 0.6) is 17.2 Å². The van der Waals surface area contributed by atoms with Crippen molar-refractivity contribution >= 4 is 8.17 Å². The molecule has 0 aromatic heterocycles. The van der Waals surface area contributed by atoms with Crippen molar-refractivity contribution in [2.45, 2.75) is 0 Å². The molecule has 6 heteroatoms. The molecule has 0 atom stereocenters. The van der Waals surface area contributed by atoms with Crippen molar-refractivity contribution in [1.82, 2.24) is 0 Å². The molecule has 4 nitrogen and oxygen atoms in total. The molecule has 0 heterocycles. The molecule has 25 heavy (non-hydrogen) atoms. The van der Waals surface area contributed by atoms with Crippen LogP contribution >= 0.6 is 8.17 Å². The number of para-hydroxylation sites is 3. The van der Waals surface area contributed by atoms with Crippen LogP contribution in [0.3, 0.4) is 0 Å². The molecule has 0 aliphatic carbocycles. The predicted octanol–water partition coefficient (Wildman–Crippen LogP) is 2.55. The van der Waals surface area contributed by atoms with E-state index in [1.54, 1.807) is 0 Å². The summed E-state index contributed by atoms with van der Waals surface area (Å²) in [5.74, 6) is 1.83. The van der Waals surface area contributed by atoms with Gasteiger partial charge in [-0.05, 0) is 36.4 Å². The minimum atomic E-state index is -3.14. The molecule has 3 aromatic carbocycles. The van der Waals surface area contributed by atoms with E-state index in [0.717, 1.165) is 0 Å². The SMILES string of the molecule is CO[P+](Oc1ccccc1)(Oc1ccccc1)Oc1ccccc1.[Br-]. The Hall–Kier alpha value is -2.07. The lowest BCUT2D eigenvalue weighted by molar-refractivity contribution is -0.00001000. The zero-order valence-electron chi connectivity index (χ0n) is 13.6. The fourth-order valence-corrected chi connectivity index (χ4v) is 3.47. The van der Waals surface area contributed by atoms with Gasteiger partial charge in [-0.25, -0.2) is 13.6 Å². The standard InChI is InChI=1S/C19H18O4P.BrH/c1-20-24(21-17-11-5-2-6-12-17,22-18-13-7-3-8-14-18)23-19-15-9-4-10-16-19;/h2-16H,1H3;1H/q+1;/p-1. The van der Waals surface area contributed by atoms with Crippen LogP contribution in [-0.2, 0) is 4.52 Å². The van der Waals surface area contributed by atoms with Crippen molar-refractivity contribution in [2.24, 2.45) is 0 Å². The highest BCUT2D eigenvalue weighted by Gasteiger charge is 2.53. The first kappa shape index (κ1) is 19.3. The summed E-state index contributed by atoms with van der Waals surface area (Å²) in [5, 5.41) is 0. The van der Waals surface area contributed by atoms with Crippen LogP contribution in [0.15, 0.2) is 91.0 Å². The van der Waals surface area contributed by atoms with E-state index in [0.29, 0.717) is 17.2 Å². The van der Waals surface area contributed by atoms with Crippen molar-refractivity contribution < 1.29 is 35.1 Å². The van der Waals surface area contributed by atoms with Gasteiger partial charge in [-0.2, -0.15) is 0 Å². The van der Waals surface area contributed by atoms with Gasteiger partial charge in [0.15, 0.2) is 17.2 Å². The van der Waals surface area contributed by atoms with E-state index in [1.807, 2.05) is 91.0 Å². The summed E-state index contributed by atoms with van der Waals surface area (Å²) >= 11 is 0. The Kier molecular flexibility index (Phi) is 7.26. The van der Waals surface area contributed by atoms with E-state index in [2.05, 4.69) is 0 Å². The quantitative estimate of drug-likeness (QED) is 0.550. The van der Waals surface area contributed by atoms with Crippen LogP contribution in [0.4, 0.5) is 0 Å². The lowest BCUT2D eigenvalue weighted by Gasteiger charge is -2.18. The zero-order chi connectivity index (χ0) is 16.7. The molecule has 0 N–H and O–H groups in total. The van der Waals surface area contributed by atoms with Crippen LogP contribution < -0.4 is 30.6 Å². The summed E-state index contributed by atoms with van der Waals surface area (Å²) in [6.07, 6.45) is 0. The van der Waals surface area contributed by atoms with E-state index < -0.39 is 8.17 Å². The smallest absolute Gasteiger partial charge is 0.717 e. The second-order valence-electron chi connectivity index (χ2n) is 4.84. The fourth-order valence-electron chi connectivity index (χ4n) is 2.00. The molecule has 0 amide bonds. The molecule has 0 radical (unpaired) electrons. The molecule has 0 saturated heterocycles. The van der Waals surface area contributed by atoms with Crippen LogP contribution in [0.25, 0.3) is 0 Å². The normalized spacial score (nSPS) is 10.4. The van der Waals surface area contributed by atoms with Gasteiger partial charge in [-0.1, -0.05) is 54.6 Å². The third-order valence-electron chi connectivity index (χ3n) is 3.10. The van der Waals surface area contributed by atoms with Crippen LogP contribution in [-0.4, -0.2) is 7.11 Å². The maximum atomic E-state index is 6.00. The summed E-state index contributed by atoms with van der Waals surface area (Å²) in [4.78, 5) is 0. The van der Waals surface area contributed by atoms with Gasteiger partial charge < -0.3 is 17.0 Å². The highest BCUT2D eigenvalue weighted by molar-refractivity contribution is 7.57. The molecule has 3 rings (SSSR count). The summed E-state index contributed by atoms with van der Waals surface area (Å²) in [6.45, 7) is 0. The first-order valence-corrected chi connectivity index (χ1v) is 8.94. The monoisotopic (exact) mass is 420 g/mol. The van der Waals surface area contributed by atoms with Crippen molar-refractivity contribution in [2.75, 3.05) is 7.11 Å². The summed E-state index contributed by atoms with van der Waals surface area (Å²) in [6, 6.07) is 28.0. The third-order valence-corrected chi connectivity index (χ3v) is 4.86. The Balaban J connectivity index is 0.00000225. The average molecular weight is 421 g/mol. The van der Waals surface area contributed by atoms with Gasteiger partial charge in [0.05, 0.1) is 7.11 Å². The Labute approximate surface area is 158 Å². The molecular formula is C19H18BrO4P. The minimum Gasteiger partial charge on any atom is -1.00 e. The summed E-state index contributed by atoms with van der Waals surface area (Å²) < 4.78 is 23.6. The number of hydrogen-bond acceptors (Lipinski definition) is 4. The molecule has 0 unspecified atom stereocenters. The summed E-state index contributed by atoms with van der Waals surface area (Å²) in [5.41, 5.74) is 0. The van der Waals surface area contributed by atoms with Crippen molar-refractivity contribution in [3.63, 3.8) is 0 Å². The van der Waals surface area contributed by atoms with E-state index in [-0.39, 0.29) is 17.0 Å². The largest absolute Gasteiger partial charge is 1.00 e. The Morgan fingerprint density at radius 2 is 0.800 bits per heavy atom. The van der Waals surface area contributed by atoms with Gasteiger partial charge in [0, 0.05) is 0 Å². The van der Waals surface area contributed by atoms with Gasteiger partial charge in [0.2, 0.25) is 0 Å². The highest BCUT2D eigenvalue weighted by atomic mass is 79.9. The van der Waals surface area contributed by atoms with Crippen molar-refractivity contribution in [1.29, 1.82) is 0 Å². The zero-order valence-corrected chi connectivity index (χ0v) is 16.1. The molecule has 0 aliphatic heterocycles. The molecule has 0 fully saturated rings. The van der Waals surface area contributed by atoms with Gasteiger partial charge in [0.1, 0.15) is 0 Å². The van der Waals surface area contributed by atoms with E-state index in [1.165, 1.54) is 7.11 Å². The third kappa shape index (κ3) is 5.46. The summed E-state index contributed by atoms with van der Waals surface area (Å²) in [7, 11) is -1.63. The molecule has 0 aliphatic rings. The number of halogens is 1. The molecule has 0 spiro atoms. The second-order valence-corrected chi connectivity index (χ2v) is 6.65. The average Bonchev–Trinajstić information content (AvgIpc) is 2.64. The van der Waals surface area contributed by atoms with Gasteiger partial charge in [-0.3, -0.25) is 0 Å². The minimum absolute atomic E-state index is 0. The van der Waals surface area contributed by atoms with Crippen LogP contribution in [0.2, 0.25) is 0 Å². The molecular weight excluding hydrogens is 403 g/mol. The highest BCUT2D eigenvalue weighted by Crippen LogP contribution is 2.60. The molecule has 3 aromatic rings. The Morgan fingerprint density at radius 3 is 1.04 bits per heavy atom. The van der Waals surface area contributed by atoms with Gasteiger partial charge in [-0.15, -0.1) is 4.52 Å². The maximum Gasteiger partial charge on any atom is 0.717 e. The van der Waals surface area contributed by atoms with E-state index >= 15 is 0 Å². The fraction of sp³-hybridized carbons (Fsp3) is 0.0526. The molecule has 0 bridgehead atoms. The number of hydrogen-bond donors (Lipinski definition) is 0. The second kappa shape index (κ2) is 9.42. The van der Waals surface area contributed by atoms with Crippen molar-refractivity contribution in [3.8, 4) is 17.2 Å². The van der Waals surface area contributed by atoms with Crippen molar-refractivity contribution in [3.05, 3.63) is 91.0 Å². The van der Waals surface area contributed by atoms with E-state index in [9.17, 15) is 0 Å². The predicted molar refractivity (Wildman–Crippen MR) is 95.1 cm³/mol. The molecule has 0 saturated carbocycles. The first-order valence-electron chi connectivity index (χ1n) is 7.48. The first-order chi connectivity index (χ1) is 11.8. The van der Waals surface area contributed by atoms with E-state index in [4.69, 9.17) is 18.1 Å². The maximum absolute atomic E-state index is 6.00.